The van der Waals surface area contributed by atoms with Crippen molar-refractivity contribution < 1.29 is 4.79 Å². The van der Waals surface area contributed by atoms with E-state index in [2.05, 4.69) is 10.3 Å². The second-order valence-corrected chi connectivity index (χ2v) is 6.68. The lowest BCUT2D eigenvalue weighted by Gasteiger charge is -2.07. The largest absolute Gasteiger partial charge is 0.337 e. The number of aryl methyl sites for hydroxylation is 1. The first kappa shape index (κ1) is 14.7. The molecule has 3 rings (SSSR count). The number of benzene rings is 1. The van der Waals surface area contributed by atoms with Gasteiger partial charge in [0.25, 0.3) is 0 Å². The molecule has 0 saturated carbocycles. The van der Waals surface area contributed by atoms with Crippen molar-refractivity contribution in [2.45, 2.75) is 13.3 Å². The third kappa shape index (κ3) is 3.35. The van der Waals surface area contributed by atoms with Gasteiger partial charge in [-0.3, -0.25) is 9.36 Å². The number of carbonyl (C=O) groups is 1. The summed E-state index contributed by atoms with van der Waals surface area (Å²) in [6.45, 7) is 2.04. The minimum atomic E-state index is -0.0170. The topological polar surface area (TPSA) is 49.8 Å². The number of H-pyrrole nitrogens is 1. The number of carbonyl (C=O) groups excluding carboxylic acids is 1. The van der Waals surface area contributed by atoms with Crippen molar-refractivity contribution in [2.24, 2.45) is 0 Å². The molecule has 0 aliphatic rings. The zero-order valence-corrected chi connectivity index (χ0v) is 13.6. The van der Waals surface area contributed by atoms with Crippen LogP contribution in [0.25, 0.3) is 5.69 Å². The normalized spacial score (nSPS) is 10.6. The summed E-state index contributed by atoms with van der Waals surface area (Å²) >= 11 is 6.86. The zero-order chi connectivity index (χ0) is 15.5. The predicted molar refractivity (Wildman–Crippen MR) is 92.3 cm³/mol. The van der Waals surface area contributed by atoms with Crippen LogP contribution in [0.4, 0.5) is 5.69 Å². The van der Waals surface area contributed by atoms with Crippen LogP contribution in [0, 0.1) is 11.7 Å². The highest BCUT2D eigenvalue weighted by molar-refractivity contribution is 7.71. The molecule has 0 spiro atoms. The molecular weight excluding hydrogens is 314 g/mol. The maximum Gasteiger partial charge on any atom is 0.229 e. The van der Waals surface area contributed by atoms with Crippen LogP contribution in [-0.2, 0) is 11.2 Å². The number of hydrogen-bond donors (Lipinski definition) is 2. The summed E-state index contributed by atoms with van der Waals surface area (Å²) in [5.74, 6) is -0.0170. The zero-order valence-electron chi connectivity index (χ0n) is 12.0. The van der Waals surface area contributed by atoms with Crippen molar-refractivity contribution in [1.82, 2.24) is 9.55 Å². The molecule has 0 saturated heterocycles. The van der Waals surface area contributed by atoms with Gasteiger partial charge in [0, 0.05) is 33.5 Å². The second-order valence-electron chi connectivity index (χ2n) is 4.92. The average Bonchev–Trinajstić information content (AvgIpc) is 3.07. The third-order valence-corrected chi connectivity index (χ3v) is 4.50. The minimum absolute atomic E-state index is 0.0170. The van der Waals surface area contributed by atoms with E-state index < -0.39 is 0 Å². The molecule has 0 radical (unpaired) electrons. The molecule has 1 aromatic carbocycles. The molecule has 22 heavy (non-hydrogen) atoms. The van der Waals surface area contributed by atoms with Gasteiger partial charge < -0.3 is 10.3 Å². The highest BCUT2D eigenvalue weighted by atomic mass is 32.1. The summed E-state index contributed by atoms with van der Waals surface area (Å²) in [4.78, 5) is 17.4. The molecule has 2 aromatic heterocycles. The molecule has 0 aliphatic carbocycles. The van der Waals surface area contributed by atoms with E-state index in [4.69, 9.17) is 12.2 Å². The number of nitrogens with one attached hydrogen (secondary N) is 2. The number of thiophene rings is 1. The number of rotatable bonds is 4. The molecule has 0 atom stereocenters. The van der Waals surface area contributed by atoms with Gasteiger partial charge in [-0.1, -0.05) is 6.07 Å². The molecule has 2 heterocycles. The molecule has 0 aliphatic heterocycles. The van der Waals surface area contributed by atoms with Crippen LogP contribution < -0.4 is 5.32 Å². The summed E-state index contributed by atoms with van der Waals surface area (Å²) in [6, 6.07) is 11.6. The van der Waals surface area contributed by atoms with Gasteiger partial charge in [0.2, 0.25) is 5.91 Å². The first-order chi connectivity index (χ1) is 10.6. The van der Waals surface area contributed by atoms with Crippen LogP contribution in [0.15, 0.2) is 48.8 Å². The Morgan fingerprint density at radius 3 is 2.91 bits per heavy atom. The molecule has 2 N–H and O–H groups in total. The van der Waals surface area contributed by atoms with E-state index in [9.17, 15) is 4.79 Å². The Morgan fingerprint density at radius 1 is 1.36 bits per heavy atom. The van der Waals surface area contributed by atoms with E-state index in [0.29, 0.717) is 11.2 Å². The van der Waals surface area contributed by atoms with E-state index in [-0.39, 0.29) is 5.91 Å². The molecular formula is C16H15N3OS2. The van der Waals surface area contributed by atoms with Crippen molar-refractivity contribution >= 4 is 35.1 Å². The van der Waals surface area contributed by atoms with Crippen LogP contribution in [0.2, 0.25) is 0 Å². The summed E-state index contributed by atoms with van der Waals surface area (Å²) in [5, 5.41) is 2.93. The maximum absolute atomic E-state index is 12.1. The monoisotopic (exact) mass is 329 g/mol. The smallest absolute Gasteiger partial charge is 0.229 e. The first-order valence-electron chi connectivity index (χ1n) is 6.83. The third-order valence-electron chi connectivity index (χ3n) is 3.19. The van der Waals surface area contributed by atoms with Crippen LogP contribution in [-0.4, -0.2) is 15.5 Å². The van der Waals surface area contributed by atoms with Gasteiger partial charge in [0.05, 0.1) is 6.42 Å². The van der Waals surface area contributed by atoms with Crippen LogP contribution in [0.3, 0.4) is 0 Å². The Morgan fingerprint density at radius 2 is 2.23 bits per heavy atom. The van der Waals surface area contributed by atoms with E-state index in [0.717, 1.165) is 16.3 Å². The number of hydrogen-bond acceptors (Lipinski definition) is 3. The van der Waals surface area contributed by atoms with Gasteiger partial charge in [-0.2, -0.15) is 0 Å². The predicted octanol–water partition coefficient (Wildman–Crippen LogP) is 4.09. The van der Waals surface area contributed by atoms with Crippen LogP contribution in [0.1, 0.15) is 9.75 Å². The van der Waals surface area contributed by atoms with E-state index >= 15 is 0 Å². The highest BCUT2D eigenvalue weighted by Gasteiger charge is 2.07. The fourth-order valence-corrected chi connectivity index (χ4v) is 3.32. The Balaban J connectivity index is 1.74. The number of amides is 1. The lowest BCUT2D eigenvalue weighted by Crippen LogP contribution is -2.13. The van der Waals surface area contributed by atoms with Crippen molar-refractivity contribution in [1.29, 1.82) is 0 Å². The van der Waals surface area contributed by atoms with Gasteiger partial charge in [-0.15, -0.1) is 11.3 Å². The molecule has 4 nitrogen and oxygen atoms in total. The fraction of sp³-hybridized carbons (Fsp3) is 0.125. The Bertz CT molecular complexity index is 860. The molecule has 0 fully saturated rings. The lowest BCUT2D eigenvalue weighted by atomic mass is 10.2. The number of anilines is 1. The number of aromatic amines is 1. The summed E-state index contributed by atoms with van der Waals surface area (Å²) in [5.41, 5.74) is 1.68. The molecule has 0 bridgehead atoms. The van der Waals surface area contributed by atoms with Gasteiger partial charge >= 0.3 is 0 Å². The van der Waals surface area contributed by atoms with Crippen LogP contribution >= 0.6 is 23.6 Å². The number of aromatic nitrogens is 2. The van der Waals surface area contributed by atoms with Gasteiger partial charge in [-0.05, 0) is 49.5 Å². The van der Waals surface area contributed by atoms with Crippen molar-refractivity contribution in [3.8, 4) is 5.69 Å². The highest BCUT2D eigenvalue weighted by Crippen LogP contribution is 2.18. The Labute approximate surface area is 137 Å². The molecule has 112 valence electrons. The molecule has 0 unspecified atom stereocenters. The summed E-state index contributed by atoms with van der Waals surface area (Å²) in [6.07, 6.45) is 4.04. The fourth-order valence-electron chi connectivity index (χ4n) is 2.20. The van der Waals surface area contributed by atoms with E-state index in [1.165, 1.54) is 4.88 Å². The Kier molecular flexibility index (Phi) is 4.22. The molecule has 3 aromatic rings. The van der Waals surface area contributed by atoms with Gasteiger partial charge in [-0.25, -0.2) is 0 Å². The SMILES string of the molecule is Cc1ccc(CC(=O)Nc2cccc(-n3cc[nH]c3=S)c2)s1. The van der Waals surface area contributed by atoms with E-state index in [1.54, 1.807) is 17.5 Å². The first-order valence-corrected chi connectivity index (χ1v) is 8.06. The molecule has 6 heteroatoms. The van der Waals surface area contributed by atoms with E-state index in [1.807, 2.05) is 54.1 Å². The second kappa shape index (κ2) is 6.29. The Hall–Kier alpha value is -2.18. The maximum atomic E-state index is 12.1. The summed E-state index contributed by atoms with van der Waals surface area (Å²) < 4.78 is 2.48. The van der Waals surface area contributed by atoms with Gasteiger partial charge in [0.1, 0.15) is 0 Å². The standard InChI is InChI=1S/C16H15N3OS2/c1-11-5-6-14(22-11)10-15(20)18-12-3-2-4-13(9-12)19-8-7-17-16(19)21/h2-9H,10H2,1H3,(H,17,21)(H,18,20). The minimum Gasteiger partial charge on any atom is -0.337 e. The average molecular weight is 329 g/mol. The van der Waals surface area contributed by atoms with Crippen molar-refractivity contribution in [2.75, 3.05) is 5.32 Å². The quantitative estimate of drug-likeness (QED) is 0.708. The molecule has 1 amide bonds. The number of imidazole rings is 1. The van der Waals surface area contributed by atoms with Gasteiger partial charge in [0.15, 0.2) is 4.77 Å². The lowest BCUT2D eigenvalue weighted by molar-refractivity contribution is -0.115. The van der Waals surface area contributed by atoms with Crippen molar-refractivity contribution in [3.05, 3.63) is 63.3 Å². The number of nitrogens with zero attached hydrogens (tertiary/aromatic N) is 1. The van der Waals surface area contributed by atoms with Crippen LogP contribution in [0.5, 0.6) is 0 Å². The van der Waals surface area contributed by atoms with Crippen molar-refractivity contribution in [3.63, 3.8) is 0 Å². The summed E-state index contributed by atoms with van der Waals surface area (Å²) in [7, 11) is 0.